The van der Waals surface area contributed by atoms with Crippen LogP contribution in [0.5, 0.6) is 0 Å². The number of hydrogen-bond acceptors (Lipinski definition) is 5. The van der Waals surface area contributed by atoms with Gasteiger partial charge in [0.2, 0.25) is 0 Å². The minimum Gasteiger partial charge on any atom is -0.391 e. The van der Waals surface area contributed by atoms with E-state index in [0.29, 0.717) is 25.1 Å². The third kappa shape index (κ3) is 2.90. The fraction of sp³-hybridized carbons (Fsp3) is 0.333. The van der Waals surface area contributed by atoms with Crippen LogP contribution in [0.1, 0.15) is 22.5 Å². The Balaban J connectivity index is 1.79. The summed E-state index contributed by atoms with van der Waals surface area (Å²) in [5.74, 6) is -0.187. The van der Waals surface area contributed by atoms with Crippen LogP contribution >= 0.6 is 0 Å². The standard InChI is InChI=1S/C15H16N4O2/c20-14-3-7-19(15(21)12-10-17-5-6-18-12)13(14)8-11-2-1-4-16-9-11/h1-2,4-6,9-10,13-14,20H,3,7-8H2/t13-,14-/m0/s1. The third-order valence-corrected chi connectivity index (χ3v) is 3.72. The van der Waals surface area contributed by atoms with Crippen LogP contribution in [0.25, 0.3) is 0 Å². The van der Waals surface area contributed by atoms with Gasteiger partial charge in [0.05, 0.1) is 18.3 Å². The van der Waals surface area contributed by atoms with Crippen LogP contribution < -0.4 is 0 Å². The number of aliphatic hydroxyl groups excluding tert-OH is 1. The molecule has 1 aliphatic rings. The zero-order valence-corrected chi connectivity index (χ0v) is 11.5. The van der Waals surface area contributed by atoms with Crippen molar-refractivity contribution in [3.8, 4) is 0 Å². The van der Waals surface area contributed by atoms with Crippen LogP contribution in [0.2, 0.25) is 0 Å². The van der Waals surface area contributed by atoms with Gasteiger partial charge >= 0.3 is 0 Å². The Labute approximate surface area is 122 Å². The quantitative estimate of drug-likeness (QED) is 0.897. The third-order valence-electron chi connectivity index (χ3n) is 3.72. The Morgan fingerprint density at radius 2 is 2.14 bits per heavy atom. The zero-order chi connectivity index (χ0) is 14.7. The first-order valence-electron chi connectivity index (χ1n) is 6.89. The van der Waals surface area contributed by atoms with Gasteiger partial charge in [0.15, 0.2) is 0 Å². The van der Waals surface area contributed by atoms with Gasteiger partial charge < -0.3 is 10.0 Å². The molecule has 21 heavy (non-hydrogen) atoms. The molecule has 0 spiro atoms. The van der Waals surface area contributed by atoms with Crippen LogP contribution in [0.3, 0.4) is 0 Å². The van der Waals surface area contributed by atoms with Crippen LogP contribution in [0.4, 0.5) is 0 Å². The first-order valence-corrected chi connectivity index (χ1v) is 6.89. The van der Waals surface area contributed by atoms with Crippen molar-refractivity contribution in [2.45, 2.75) is 25.0 Å². The average Bonchev–Trinajstić information content (AvgIpc) is 2.90. The summed E-state index contributed by atoms with van der Waals surface area (Å²) in [5, 5.41) is 10.2. The second-order valence-corrected chi connectivity index (χ2v) is 5.08. The van der Waals surface area contributed by atoms with Crippen LogP contribution in [0.15, 0.2) is 43.1 Å². The molecular weight excluding hydrogens is 268 g/mol. The molecule has 3 rings (SSSR count). The number of carbonyl (C=O) groups excluding carboxylic acids is 1. The number of nitrogens with zero attached hydrogens (tertiary/aromatic N) is 4. The van der Waals surface area contributed by atoms with Crippen LogP contribution in [0, 0.1) is 0 Å². The molecule has 3 heterocycles. The molecule has 1 aliphatic heterocycles. The van der Waals surface area contributed by atoms with Crippen LogP contribution in [-0.4, -0.2) is 49.6 Å². The van der Waals surface area contributed by atoms with Crippen molar-refractivity contribution in [1.82, 2.24) is 19.9 Å². The van der Waals surface area contributed by atoms with E-state index >= 15 is 0 Å². The molecule has 1 fully saturated rings. The molecule has 6 nitrogen and oxygen atoms in total. The van der Waals surface area contributed by atoms with Crippen LogP contribution in [-0.2, 0) is 6.42 Å². The highest BCUT2D eigenvalue weighted by atomic mass is 16.3. The average molecular weight is 284 g/mol. The molecule has 2 atom stereocenters. The second-order valence-electron chi connectivity index (χ2n) is 5.08. The molecule has 0 bridgehead atoms. The fourth-order valence-electron chi connectivity index (χ4n) is 2.65. The topological polar surface area (TPSA) is 79.2 Å². The Bertz CT molecular complexity index is 606. The lowest BCUT2D eigenvalue weighted by molar-refractivity contribution is 0.0634. The van der Waals surface area contributed by atoms with Crippen molar-refractivity contribution in [3.63, 3.8) is 0 Å². The first-order chi connectivity index (χ1) is 10.3. The fourth-order valence-corrected chi connectivity index (χ4v) is 2.65. The molecule has 1 amide bonds. The summed E-state index contributed by atoms with van der Waals surface area (Å²) in [6, 6.07) is 3.55. The lowest BCUT2D eigenvalue weighted by Crippen LogP contribution is -2.41. The highest BCUT2D eigenvalue weighted by Gasteiger charge is 2.36. The molecule has 0 saturated carbocycles. The predicted octanol–water partition coefficient (Wildman–Crippen LogP) is 0.690. The molecule has 2 aromatic rings. The molecule has 6 heteroatoms. The summed E-state index contributed by atoms with van der Waals surface area (Å²) in [4.78, 5) is 26.2. The summed E-state index contributed by atoms with van der Waals surface area (Å²) in [6.45, 7) is 0.529. The van der Waals surface area contributed by atoms with E-state index in [2.05, 4.69) is 15.0 Å². The number of hydrogen-bond donors (Lipinski definition) is 1. The molecule has 2 aromatic heterocycles. The zero-order valence-electron chi connectivity index (χ0n) is 11.5. The Hall–Kier alpha value is -2.34. The van der Waals surface area contributed by atoms with E-state index in [-0.39, 0.29) is 11.9 Å². The Morgan fingerprint density at radius 3 is 2.86 bits per heavy atom. The lowest BCUT2D eigenvalue weighted by Gasteiger charge is -2.26. The SMILES string of the molecule is O=C(c1cnccn1)N1CC[C@H](O)[C@@H]1Cc1cccnc1. The van der Waals surface area contributed by atoms with Gasteiger partial charge in [-0.15, -0.1) is 0 Å². The molecule has 0 aliphatic carbocycles. The number of aliphatic hydroxyl groups is 1. The van der Waals surface area contributed by atoms with Crippen molar-refractivity contribution in [1.29, 1.82) is 0 Å². The number of carbonyl (C=O) groups is 1. The molecule has 0 radical (unpaired) electrons. The van der Waals surface area contributed by atoms with E-state index in [1.54, 1.807) is 17.3 Å². The van der Waals surface area contributed by atoms with E-state index < -0.39 is 6.10 Å². The monoisotopic (exact) mass is 284 g/mol. The summed E-state index contributed by atoms with van der Waals surface area (Å²) in [5.41, 5.74) is 1.31. The highest BCUT2D eigenvalue weighted by molar-refractivity contribution is 5.92. The largest absolute Gasteiger partial charge is 0.391 e. The summed E-state index contributed by atoms with van der Waals surface area (Å²) in [6.07, 6.45) is 8.59. The normalized spacial score (nSPS) is 21.5. The number of rotatable bonds is 3. The van der Waals surface area contributed by atoms with E-state index in [0.717, 1.165) is 5.56 Å². The number of likely N-dealkylation sites (tertiary alicyclic amines) is 1. The van der Waals surface area contributed by atoms with Gasteiger partial charge in [0.1, 0.15) is 5.69 Å². The molecule has 0 unspecified atom stereocenters. The molecular formula is C15H16N4O2. The van der Waals surface area contributed by atoms with E-state index in [1.807, 2.05) is 12.1 Å². The Kier molecular flexibility index (Phi) is 3.87. The highest BCUT2D eigenvalue weighted by Crippen LogP contribution is 2.23. The van der Waals surface area contributed by atoms with E-state index in [1.165, 1.54) is 18.6 Å². The maximum atomic E-state index is 12.5. The second kappa shape index (κ2) is 5.97. The van der Waals surface area contributed by atoms with Gasteiger partial charge in [-0.1, -0.05) is 6.07 Å². The van der Waals surface area contributed by atoms with Gasteiger partial charge in [-0.05, 0) is 24.5 Å². The Morgan fingerprint density at radius 1 is 1.29 bits per heavy atom. The molecule has 1 saturated heterocycles. The van der Waals surface area contributed by atoms with Crippen molar-refractivity contribution < 1.29 is 9.90 Å². The predicted molar refractivity (Wildman–Crippen MR) is 75.4 cm³/mol. The van der Waals surface area contributed by atoms with Gasteiger partial charge in [-0.25, -0.2) is 4.98 Å². The minimum atomic E-state index is -0.522. The van der Waals surface area contributed by atoms with Gasteiger partial charge in [0, 0.05) is 31.3 Å². The number of pyridine rings is 1. The summed E-state index contributed by atoms with van der Waals surface area (Å²) in [7, 11) is 0. The van der Waals surface area contributed by atoms with E-state index in [4.69, 9.17) is 0 Å². The van der Waals surface area contributed by atoms with Crippen molar-refractivity contribution in [2.24, 2.45) is 0 Å². The number of amides is 1. The smallest absolute Gasteiger partial charge is 0.274 e. The van der Waals surface area contributed by atoms with Gasteiger partial charge in [-0.3, -0.25) is 14.8 Å². The van der Waals surface area contributed by atoms with Crippen molar-refractivity contribution in [2.75, 3.05) is 6.54 Å². The molecule has 0 aromatic carbocycles. The maximum absolute atomic E-state index is 12.5. The first kappa shape index (κ1) is 13.6. The maximum Gasteiger partial charge on any atom is 0.274 e. The van der Waals surface area contributed by atoms with Gasteiger partial charge in [0.25, 0.3) is 5.91 Å². The van der Waals surface area contributed by atoms with Crippen molar-refractivity contribution >= 4 is 5.91 Å². The lowest BCUT2D eigenvalue weighted by atomic mass is 10.0. The van der Waals surface area contributed by atoms with E-state index in [9.17, 15) is 9.90 Å². The minimum absolute atomic E-state index is 0.187. The molecule has 1 N–H and O–H groups in total. The molecule has 108 valence electrons. The summed E-state index contributed by atoms with van der Waals surface area (Å²) < 4.78 is 0. The van der Waals surface area contributed by atoms with Gasteiger partial charge in [-0.2, -0.15) is 0 Å². The summed E-state index contributed by atoms with van der Waals surface area (Å²) >= 11 is 0. The van der Waals surface area contributed by atoms with Crippen molar-refractivity contribution in [3.05, 3.63) is 54.4 Å². The number of aromatic nitrogens is 3.